The predicted octanol–water partition coefficient (Wildman–Crippen LogP) is 5.62. The van der Waals surface area contributed by atoms with Crippen LogP contribution < -0.4 is 4.74 Å². The van der Waals surface area contributed by atoms with Crippen molar-refractivity contribution in [3.8, 4) is 5.75 Å². The van der Waals surface area contributed by atoms with Gasteiger partial charge in [-0.1, -0.05) is 36.2 Å². The third-order valence-electron chi connectivity index (χ3n) is 6.40. The molecule has 1 atom stereocenters. The van der Waals surface area contributed by atoms with Gasteiger partial charge in [-0.05, 0) is 79.6 Å². The van der Waals surface area contributed by atoms with Gasteiger partial charge in [0.25, 0.3) is 0 Å². The van der Waals surface area contributed by atoms with E-state index in [1.165, 1.54) is 9.18 Å². The van der Waals surface area contributed by atoms with Crippen molar-refractivity contribution < 1.29 is 17.9 Å². The minimum atomic E-state index is -3.80. The zero-order valence-corrected chi connectivity index (χ0v) is 23.1. The number of halogens is 1. The second-order valence-corrected chi connectivity index (χ2v) is 12.4. The van der Waals surface area contributed by atoms with Crippen molar-refractivity contribution in [2.75, 3.05) is 26.2 Å². The van der Waals surface area contributed by atoms with Crippen molar-refractivity contribution >= 4 is 38.9 Å². The molecule has 3 aromatic rings. The average molecular weight is 547 g/mol. The van der Waals surface area contributed by atoms with Gasteiger partial charge < -0.3 is 9.64 Å². The van der Waals surface area contributed by atoms with Gasteiger partial charge in [0.15, 0.2) is 0 Å². The topological polar surface area (TPSA) is 66.9 Å². The molecule has 1 amide bonds. The smallest absolute Gasteiger partial charge is 0.243 e. The number of sulfonamides is 1. The van der Waals surface area contributed by atoms with Gasteiger partial charge in [0, 0.05) is 23.0 Å². The van der Waals surface area contributed by atoms with E-state index in [1.54, 1.807) is 46.6 Å². The number of hydrogen-bond donors (Lipinski definition) is 0. The number of benzene rings is 2. The van der Waals surface area contributed by atoms with Crippen molar-refractivity contribution in [1.29, 1.82) is 0 Å². The van der Waals surface area contributed by atoms with E-state index in [9.17, 15) is 13.2 Å². The van der Waals surface area contributed by atoms with Gasteiger partial charge >= 0.3 is 0 Å². The van der Waals surface area contributed by atoms with Crippen molar-refractivity contribution in [1.82, 2.24) is 9.21 Å². The van der Waals surface area contributed by atoms with Gasteiger partial charge in [0.1, 0.15) is 12.4 Å². The maximum Gasteiger partial charge on any atom is 0.243 e. The summed E-state index contributed by atoms with van der Waals surface area (Å²) in [4.78, 5) is 16.8. The summed E-state index contributed by atoms with van der Waals surface area (Å²) in [6.07, 6.45) is 1.35. The van der Waals surface area contributed by atoms with E-state index in [-0.39, 0.29) is 36.5 Å². The highest BCUT2D eigenvalue weighted by molar-refractivity contribution is 7.89. The Kier molecular flexibility index (Phi) is 8.40. The second kappa shape index (κ2) is 11.3. The van der Waals surface area contributed by atoms with Gasteiger partial charge in [0.05, 0.1) is 17.5 Å². The molecule has 0 saturated heterocycles. The summed E-state index contributed by atoms with van der Waals surface area (Å²) in [6.45, 7) is 6.58. The first-order chi connectivity index (χ1) is 17.2. The molecule has 0 spiro atoms. The van der Waals surface area contributed by atoms with Crippen LogP contribution in [0.15, 0.2) is 58.8 Å². The van der Waals surface area contributed by atoms with Crippen LogP contribution in [0.2, 0.25) is 5.02 Å². The zero-order valence-electron chi connectivity index (χ0n) is 20.7. The molecule has 1 aromatic heterocycles. The zero-order chi connectivity index (χ0) is 25.9. The second-order valence-electron chi connectivity index (χ2n) is 9.03. The van der Waals surface area contributed by atoms with Gasteiger partial charge in [0.2, 0.25) is 15.9 Å². The number of hydrogen-bond acceptors (Lipinski definition) is 5. The molecule has 1 aliphatic heterocycles. The molecule has 2 heterocycles. The van der Waals surface area contributed by atoms with Crippen LogP contribution in [-0.2, 0) is 21.2 Å². The summed E-state index contributed by atoms with van der Waals surface area (Å²) in [5, 5.41) is 2.70. The van der Waals surface area contributed by atoms with Crippen LogP contribution in [0.3, 0.4) is 0 Å². The number of fused-ring (bicyclic) bond motifs is 1. The highest BCUT2D eigenvalue weighted by Crippen LogP contribution is 2.34. The number of ether oxygens (including phenoxy) is 1. The summed E-state index contributed by atoms with van der Waals surface area (Å²) < 4.78 is 34.2. The minimum absolute atomic E-state index is 0.200. The Balaban J connectivity index is 1.56. The summed E-state index contributed by atoms with van der Waals surface area (Å²) >= 11 is 7.82. The molecular formula is C27H31ClN2O4S2. The normalized spacial score (nSPS) is 15.7. The largest absolute Gasteiger partial charge is 0.491 e. The highest BCUT2D eigenvalue weighted by atomic mass is 35.5. The molecule has 0 aliphatic carbocycles. The summed E-state index contributed by atoms with van der Waals surface area (Å²) in [5.74, 6) is 0.457. The van der Waals surface area contributed by atoms with Crippen LogP contribution in [0.25, 0.3) is 0 Å². The number of carbonyl (C=O) groups excluding carboxylic acids is 1. The number of aryl methyl sites for hydroxylation is 2. The van der Waals surface area contributed by atoms with Crippen molar-refractivity contribution in [2.45, 2.75) is 44.6 Å². The lowest BCUT2D eigenvalue weighted by Gasteiger charge is -2.37. The number of nitrogens with zero attached hydrogens (tertiary/aromatic N) is 2. The van der Waals surface area contributed by atoms with Gasteiger partial charge in [-0.3, -0.25) is 4.79 Å². The SMILES string of the molecule is CCCN(CC(=O)N1CCc2sccc2[C@H]1COc1ccc(Cl)c(C)c1)S(=O)(=O)c1ccc(C)cc1. The average Bonchev–Trinajstić information content (AvgIpc) is 3.33. The van der Waals surface area contributed by atoms with E-state index < -0.39 is 10.0 Å². The molecule has 2 aromatic carbocycles. The molecule has 0 radical (unpaired) electrons. The maximum atomic E-state index is 13.6. The Labute approximate surface area is 222 Å². The standard InChI is InChI=1S/C27H31ClN2O4S2/c1-4-13-29(36(32,33)22-8-5-19(2)6-9-22)17-27(31)30-14-11-26-23(12-15-35-26)25(30)18-34-21-7-10-24(28)20(3)16-21/h5-10,12,15-16,25H,4,11,13-14,17-18H2,1-3H3/t25-/m1/s1. The molecule has 4 rings (SSSR count). The van der Waals surface area contributed by atoms with Crippen LogP contribution in [0, 0.1) is 13.8 Å². The molecule has 0 saturated carbocycles. The van der Waals surface area contributed by atoms with Gasteiger partial charge in [-0.2, -0.15) is 4.31 Å². The van der Waals surface area contributed by atoms with E-state index in [2.05, 4.69) is 0 Å². The summed E-state index contributed by atoms with van der Waals surface area (Å²) in [5.41, 5.74) is 2.96. The highest BCUT2D eigenvalue weighted by Gasteiger charge is 2.35. The molecule has 36 heavy (non-hydrogen) atoms. The minimum Gasteiger partial charge on any atom is -0.491 e. The maximum absolute atomic E-state index is 13.6. The number of thiophene rings is 1. The molecule has 192 valence electrons. The van der Waals surface area contributed by atoms with Crippen LogP contribution >= 0.6 is 22.9 Å². The molecule has 1 aliphatic rings. The fraction of sp³-hybridized carbons (Fsp3) is 0.370. The lowest BCUT2D eigenvalue weighted by molar-refractivity contribution is -0.135. The Morgan fingerprint density at radius 1 is 1.17 bits per heavy atom. The fourth-order valence-electron chi connectivity index (χ4n) is 4.39. The molecule has 0 bridgehead atoms. The van der Waals surface area contributed by atoms with Crippen LogP contribution in [0.4, 0.5) is 0 Å². The number of amides is 1. The monoisotopic (exact) mass is 546 g/mol. The molecule has 0 N–H and O–H groups in total. The first-order valence-corrected chi connectivity index (χ1v) is 14.7. The van der Waals surface area contributed by atoms with E-state index in [1.807, 2.05) is 44.4 Å². The first-order valence-electron chi connectivity index (χ1n) is 12.0. The predicted molar refractivity (Wildman–Crippen MR) is 144 cm³/mol. The third kappa shape index (κ3) is 5.78. The number of carbonyl (C=O) groups is 1. The molecule has 9 heteroatoms. The fourth-order valence-corrected chi connectivity index (χ4v) is 6.92. The van der Waals surface area contributed by atoms with Gasteiger partial charge in [-0.15, -0.1) is 11.3 Å². The van der Waals surface area contributed by atoms with E-state index >= 15 is 0 Å². The first kappa shape index (κ1) is 26.7. The van der Waals surface area contributed by atoms with Gasteiger partial charge in [-0.25, -0.2) is 8.42 Å². The molecule has 0 unspecified atom stereocenters. The number of rotatable bonds is 9. The molecule has 6 nitrogen and oxygen atoms in total. The Morgan fingerprint density at radius 2 is 1.92 bits per heavy atom. The third-order valence-corrected chi connectivity index (χ3v) is 9.68. The van der Waals surface area contributed by atoms with Crippen molar-refractivity contribution in [3.05, 3.63) is 80.5 Å². The Bertz CT molecular complexity index is 1320. The van der Waals surface area contributed by atoms with Crippen LogP contribution in [-0.4, -0.2) is 49.8 Å². The van der Waals surface area contributed by atoms with E-state index in [0.717, 1.165) is 23.1 Å². The molecule has 0 fully saturated rings. The van der Waals surface area contributed by atoms with E-state index in [4.69, 9.17) is 16.3 Å². The van der Waals surface area contributed by atoms with Crippen LogP contribution in [0.1, 0.15) is 41.0 Å². The van der Waals surface area contributed by atoms with Crippen molar-refractivity contribution in [3.63, 3.8) is 0 Å². The Hall–Kier alpha value is -2.39. The van der Waals surface area contributed by atoms with E-state index in [0.29, 0.717) is 23.7 Å². The lowest BCUT2D eigenvalue weighted by Crippen LogP contribution is -2.48. The van der Waals surface area contributed by atoms with Crippen LogP contribution in [0.5, 0.6) is 5.75 Å². The summed E-state index contributed by atoms with van der Waals surface area (Å²) in [7, 11) is -3.80. The van der Waals surface area contributed by atoms with Crippen molar-refractivity contribution in [2.24, 2.45) is 0 Å². The quantitative estimate of drug-likeness (QED) is 0.349. The Morgan fingerprint density at radius 3 is 2.61 bits per heavy atom. The lowest BCUT2D eigenvalue weighted by atomic mass is 10.0. The summed E-state index contributed by atoms with van der Waals surface area (Å²) in [6, 6.07) is 14.0. The molecular weight excluding hydrogens is 516 g/mol.